The Bertz CT molecular complexity index is 286. The predicted octanol–water partition coefficient (Wildman–Crippen LogP) is 1.09. The van der Waals surface area contributed by atoms with Crippen LogP contribution in [0.1, 0.15) is 12.7 Å². The number of nitrogens with two attached hydrogens (primary N) is 1. The molecule has 0 saturated heterocycles. The lowest BCUT2D eigenvalue weighted by molar-refractivity contribution is 0.250. The van der Waals surface area contributed by atoms with E-state index in [1.165, 1.54) is 0 Å². The minimum Gasteiger partial charge on any atom is -0.396 e. The van der Waals surface area contributed by atoms with Crippen LogP contribution in [0.5, 0.6) is 0 Å². The van der Waals surface area contributed by atoms with Gasteiger partial charge in [-0.3, -0.25) is 0 Å². The summed E-state index contributed by atoms with van der Waals surface area (Å²) in [5.41, 5.74) is 5.58. The van der Waals surface area contributed by atoms with E-state index < -0.39 is 0 Å². The quantitative estimate of drug-likeness (QED) is 0.578. The Morgan fingerprint density at radius 3 is 2.86 bits per heavy atom. The molecule has 1 aromatic heterocycles. The lowest BCUT2D eigenvalue weighted by Crippen LogP contribution is -2.04. The largest absolute Gasteiger partial charge is 0.396 e. The monoisotopic (exact) mass is 213 g/mol. The second-order valence-corrected chi connectivity index (χ2v) is 4.32. The topological polar surface area (TPSA) is 72.0 Å². The van der Waals surface area contributed by atoms with Gasteiger partial charge in [0.2, 0.25) is 0 Å². The average Bonchev–Trinajstić information content (AvgIpc) is 2.12. The third-order valence-corrected chi connectivity index (χ3v) is 2.90. The van der Waals surface area contributed by atoms with Crippen LogP contribution in [0.3, 0.4) is 0 Å². The van der Waals surface area contributed by atoms with Gasteiger partial charge in [0.05, 0.1) is 0 Å². The van der Waals surface area contributed by atoms with E-state index in [9.17, 15) is 0 Å². The minimum absolute atomic E-state index is 0.201. The van der Waals surface area contributed by atoms with Gasteiger partial charge in [-0.2, -0.15) is 0 Å². The molecule has 1 unspecified atom stereocenters. The van der Waals surface area contributed by atoms with Crippen LogP contribution in [0.4, 0.5) is 5.82 Å². The minimum atomic E-state index is 0.201. The van der Waals surface area contributed by atoms with Crippen LogP contribution in [-0.4, -0.2) is 27.4 Å². The van der Waals surface area contributed by atoms with Crippen LogP contribution in [0.25, 0.3) is 0 Å². The number of thioether (sulfide) groups is 1. The zero-order valence-electron chi connectivity index (χ0n) is 8.40. The highest BCUT2D eigenvalue weighted by atomic mass is 32.2. The molecule has 1 heterocycles. The number of nitrogens with zero attached hydrogens (tertiary/aromatic N) is 2. The highest BCUT2D eigenvalue weighted by Gasteiger charge is 2.04. The van der Waals surface area contributed by atoms with Crippen molar-refractivity contribution in [2.75, 3.05) is 18.1 Å². The van der Waals surface area contributed by atoms with Gasteiger partial charge in [-0.15, -0.1) is 11.8 Å². The number of aryl methyl sites for hydroxylation is 1. The molecular weight excluding hydrogens is 198 g/mol. The number of hydrogen-bond acceptors (Lipinski definition) is 5. The molecule has 1 rings (SSSR count). The summed E-state index contributed by atoms with van der Waals surface area (Å²) in [5, 5.41) is 9.72. The fourth-order valence-electron chi connectivity index (χ4n) is 0.917. The molecule has 4 nitrogen and oxygen atoms in total. The number of nitrogen functional groups attached to an aromatic ring is 1. The molecule has 5 heteroatoms. The molecule has 0 amide bonds. The zero-order chi connectivity index (χ0) is 10.6. The predicted molar refractivity (Wildman–Crippen MR) is 58.2 cm³/mol. The van der Waals surface area contributed by atoms with Gasteiger partial charge in [0.25, 0.3) is 0 Å². The van der Waals surface area contributed by atoms with Crippen LogP contribution in [-0.2, 0) is 0 Å². The van der Waals surface area contributed by atoms with Gasteiger partial charge in [0.1, 0.15) is 16.7 Å². The van der Waals surface area contributed by atoms with E-state index in [0.29, 0.717) is 11.6 Å². The Morgan fingerprint density at radius 1 is 1.57 bits per heavy atom. The molecule has 0 spiro atoms. The second-order valence-electron chi connectivity index (χ2n) is 3.28. The Kier molecular flexibility index (Phi) is 4.16. The SMILES string of the molecule is Cc1nc(N)cc(SCC(C)CO)n1. The van der Waals surface area contributed by atoms with E-state index in [0.717, 1.165) is 10.8 Å². The highest BCUT2D eigenvalue weighted by molar-refractivity contribution is 7.99. The molecule has 14 heavy (non-hydrogen) atoms. The van der Waals surface area contributed by atoms with Crippen LogP contribution < -0.4 is 5.73 Å². The first kappa shape index (κ1) is 11.3. The van der Waals surface area contributed by atoms with Crippen molar-refractivity contribution in [2.24, 2.45) is 5.92 Å². The molecule has 0 saturated carbocycles. The van der Waals surface area contributed by atoms with E-state index in [-0.39, 0.29) is 12.5 Å². The first-order valence-corrected chi connectivity index (χ1v) is 5.45. The smallest absolute Gasteiger partial charge is 0.128 e. The molecule has 0 aromatic carbocycles. The van der Waals surface area contributed by atoms with Crippen molar-refractivity contribution in [2.45, 2.75) is 18.9 Å². The number of anilines is 1. The number of hydrogen-bond donors (Lipinski definition) is 2. The lowest BCUT2D eigenvalue weighted by atomic mass is 10.2. The standard InChI is InChI=1S/C9H15N3OS/c1-6(4-13)5-14-9-3-8(10)11-7(2)12-9/h3,6,13H,4-5H2,1-2H3,(H2,10,11,12). The molecule has 1 atom stereocenters. The van der Waals surface area contributed by atoms with Crippen molar-refractivity contribution in [3.8, 4) is 0 Å². The maximum atomic E-state index is 8.85. The van der Waals surface area contributed by atoms with Crippen LogP contribution >= 0.6 is 11.8 Å². The molecule has 0 aliphatic carbocycles. The van der Waals surface area contributed by atoms with E-state index >= 15 is 0 Å². The molecule has 0 radical (unpaired) electrons. The summed E-state index contributed by atoms with van der Waals surface area (Å²) in [7, 11) is 0. The molecule has 0 fully saturated rings. The van der Waals surface area contributed by atoms with Crippen molar-refractivity contribution in [1.29, 1.82) is 0 Å². The fourth-order valence-corrected chi connectivity index (χ4v) is 1.88. The normalized spacial score (nSPS) is 12.8. The first-order valence-electron chi connectivity index (χ1n) is 4.46. The van der Waals surface area contributed by atoms with Gasteiger partial charge in [-0.1, -0.05) is 6.92 Å². The van der Waals surface area contributed by atoms with Crippen LogP contribution in [0, 0.1) is 12.8 Å². The molecule has 78 valence electrons. The summed E-state index contributed by atoms with van der Waals surface area (Å²) in [6, 6.07) is 1.75. The molecule has 1 aromatic rings. The summed E-state index contributed by atoms with van der Waals surface area (Å²) in [6.07, 6.45) is 0. The average molecular weight is 213 g/mol. The van der Waals surface area contributed by atoms with E-state index in [4.69, 9.17) is 10.8 Å². The highest BCUT2D eigenvalue weighted by Crippen LogP contribution is 2.19. The summed E-state index contributed by atoms with van der Waals surface area (Å²) in [4.78, 5) is 8.22. The summed E-state index contributed by atoms with van der Waals surface area (Å²) >= 11 is 1.59. The van der Waals surface area contributed by atoms with Crippen LogP contribution in [0.2, 0.25) is 0 Å². The first-order chi connectivity index (χ1) is 6.61. The second kappa shape index (κ2) is 5.17. The lowest BCUT2D eigenvalue weighted by Gasteiger charge is -2.07. The van der Waals surface area contributed by atoms with Gasteiger partial charge < -0.3 is 10.8 Å². The molecular formula is C9H15N3OS. The van der Waals surface area contributed by atoms with Crippen molar-refractivity contribution in [3.63, 3.8) is 0 Å². The molecule has 3 N–H and O–H groups in total. The van der Waals surface area contributed by atoms with Gasteiger partial charge in [0.15, 0.2) is 0 Å². The van der Waals surface area contributed by atoms with E-state index in [2.05, 4.69) is 9.97 Å². The number of aliphatic hydroxyl groups excluding tert-OH is 1. The van der Waals surface area contributed by atoms with Crippen molar-refractivity contribution in [3.05, 3.63) is 11.9 Å². The molecule has 0 aliphatic heterocycles. The fraction of sp³-hybridized carbons (Fsp3) is 0.556. The maximum Gasteiger partial charge on any atom is 0.128 e. The van der Waals surface area contributed by atoms with Gasteiger partial charge in [0, 0.05) is 18.4 Å². The zero-order valence-corrected chi connectivity index (χ0v) is 9.21. The summed E-state index contributed by atoms with van der Waals surface area (Å²) in [6.45, 7) is 4.01. The third kappa shape index (κ3) is 3.51. The van der Waals surface area contributed by atoms with Crippen molar-refractivity contribution < 1.29 is 5.11 Å². The Balaban J connectivity index is 2.58. The van der Waals surface area contributed by atoms with Crippen LogP contribution in [0.15, 0.2) is 11.1 Å². The Labute approximate surface area is 88.0 Å². The number of aromatic nitrogens is 2. The van der Waals surface area contributed by atoms with E-state index in [1.807, 2.05) is 13.8 Å². The van der Waals surface area contributed by atoms with Gasteiger partial charge in [-0.25, -0.2) is 9.97 Å². The Morgan fingerprint density at radius 2 is 2.29 bits per heavy atom. The number of aliphatic hydroxyl groups is 1. The van der Waals surface area contributed by atoms with Gasteiger partial charge >= 0.3 is 0 Å². The van der Waals surface area contributed by atoms with Crippen molar-refractivity contribution in [1.82, 2.24) is 9.97 Å². The summed E-state index contributed by atoms with van der Waals surface area (Å²) < 4.78 is 0. The molecule has 0 aliphatic rings. The van der Waals surface area contributed by atoms with Crippen molar-refractivity contribution >= 4 is 17.6 Å². The molecule has 0 bridgehead atoms. The van der Waals surface area contributed by atoms with E-state index in [1.54, 1.807) is 17.8 Å². The van der Waals surface area contributed by atoms with Gasteiger partial charge in [-0.05, 0) is 12.8 Å². The summed E-state index contributed by atoms with van der Waals surface area (Å²) in [5.74, 6) is 2.30. The Hall–Kier alpha value is -0.810. The third-order valence-electron chi connectivity index (χ3n) is 1.66. The maximum absolute atomic E-state index is 8.85. The number of rotatable bonds is 4.